The zero-order valence-electron chi connectivity index (χ0n) is 13.2. The van der Waals surface area contributed by atoms with Gasteiger partial charge in [-0.15, -0.1) is 0 Å². The number of nitrogens with one attached hydrogen (secondary N) is 1. The highest BCUT2D eigenvalue weighted by Crippen LogP contribution is 2.22. The van der Waals surface area contributed by atoms with Gasteiger partial charge in [0.1, 0.15) is 11.5 Å². The molecule has 2 rings (SSSR count). The van der Waals surface area contributed by atoms with Crippen LogP contribution in [0, 0.1) is 6.92 Å². The van der Waals surface area contributed by atoms with Crippen LogP contribution in [-0.2, 0) is 17.8 Å². The van der Waals surface area contributed by atoms with Crippen LogP contribution < -0.4 is 5.32 Å². The fourth-order valence-electron chi connectivity index (χ4n) is 2.30. The molecule has 0 amide bonds. The Morgan fingerprint density at radius 1 is 1.45 bits per heavy atom. The van der Waals surface area contributed by atoms with E-state index in [0.717, 1.165) is 43.8 Å². The fourth-order valence-corrected chi connectivity index (χ4v) is 2.30. The standard InChI is InChI=1S/C16H28N2O2/c1-12(2)18(7-8-19-4)11-15-9-13(3)16(20-15)10-17-14-5-6-14/h9,12,14,17H,5-8,10-11H2,1-4H3. The van der Waals surface area contributed by atoms with Gasteiger partial charge in [0.05, 0.1) is 19.7 Å². The molecule has 1 fully saturated rings. The van der Waals surface area contributed by atoms with E-state index in [2.05, 4.69) is 37.1 Å². The predicted octanol–water partition coefficient (Wildman–Crippen LogP) is 2.70. The molecule has 0 saturated heterocycles. The topological polar surface area (TPSA) is 37.6 Å². The van der Waals surface area contributed by atoms with Gasteiger partial charge in [-0.3, -0.25) is 4.90 Å². The molecule has 0 aliphatic heterocycles. The largest absolute Gasteiger partial charge is 0.463 e. The smallest absolute Gasteiger partial charge is 0.120 e. The number of hydrogen-bond donors (Lipinski definition) is 1. The summed E-state index contributed by atoms with van der Waals surface area (Å²) in [5, 5.41) is 3.51. The Labute approximate surface area is 122 Å². The molecule has 1 N–H and O–H groups in total. The molecule has 1 saturated carbocycles. The van der Waals surface area contributed by atoms with Crippen LogP contribution in [0.4, 0.5) is 0 Å². The molecule has 4 nitrogen and oxygen atoms in total. The Balaban J connectivity index is 1.91. The number of ether oxygens (including phenoxy) is 1. The van der Waals surface area contributed by atoms with Crippen molar-refractivity contribution in [3.63, 3.8) is 0 Å². The van der Waals surface area contributed by atoms with Crippen molar-refractivity contribution >= 4 is 0 Å². The average molecular weight is 280 g/mol. The predicted molar refractivity (Wildman–Crippen MR) is 80.7 cm³/mol. The molecule has 20 heavy (non-hydrogen) atoms. The highest BCUT2D eigenvalue weighted by Gasteiger charge is 2.21. The minimum atomic E-state index is 0.489. The van der Waals surface area contributed by atoms with Crippen molar-refractivity contribution in [2.75, 3.05) is 20.3 Å². The minimum absolute atomic E-state index is 0.489. The molecule has 0 radical (unpaired) electrons. The molecule has 1 aliphatic rings. The second-order valence-electron chi connectivity index (χ2n) is 6.03. The van der Waals surface area contributed by atoms with Crippen LogP contribution in [0.25, 0.3) is 0 Å². The molecule has 0 aromatic carbocycles. The van der Waals surface area contributed by atoms with Gasteiger partial charge < -0.3 is 14.5 Å². The van der Waals surface area contributed by atoms with E-state index in [0.29, 0.717) is 6.04 Å². The summed E-state index contributed by atoms with van der Waals surface area (Å²) in [4.78, 5) is 2.37. The number of hydrogen-bond acceptors (Lipinski definition) is 4. The first-order valence-electron chi connectivity index (χ1n) is 7.64. The quantitative estimate of drug-likeness (QED) is 0.755. The van der Waals surface area contributed by atoms with Gasteiger partial charge in [0.2, 0.25) is 0 Å². The van der Waals surface area contributed by atoms with Gasteiger partial charge in [0.15, 0.2) is 0 Å². The van der Waals surface area contributed by atoms with Crippen LogP contribution in [-0.4, -0.2) is 37.2 Å². The van der Waals surface area contributed by atoms with E-state index in [1.807, 2.05) is 0 Å². The van der Waals surface area contributed by atoms with E-state index in [9.17, 15) is 0 Å². The highest BCUT2D eigenvalue weighted by atomic mass is 16.5. The summed E-state index contributed by atoms with van der Waals surface area (Å²) >= 11 is 0. The molecule has 1 aliphatic carbocycles. The third-order valence-electron chi connectivity index (χ3n) is 3.87. The Morgan fingerprint density at radius 3 is 2.80 bits per heavy atom. The van der Waals surface area contributed by atoms with Crippen molar-refractivity contribution in [3.8, 4) is 0 Å². The zero-order valence-corrected chi connectivity index (χ0v) is 13.2. The molecule has 114 valence electrons. The van der Waals surface area contributed by atoms with Gasteiger partial charge in [-0.2, -0.15) is 0 Å². The molecule has 0 unspecified atom stereocenters. The third kappa shape index (κ3) is 4.62. The number of methoxy groups -OCH3 is 1. The van der Waals surface area contributed by atoms with Gasteiger partial charge in [-0.05, 0) is 45.2 Å². The first-order chi connectivity index (χ1) is 9.60. The SMILES string of the molecule is COCCN(Cc1cc(C)c(CNC2CC2)o1)C(C)C. The lowest BCUT2D eigenvalue weighted by Gasteiger charge is -2.24. The molecule has 0 atom stereocenters. The lowest BCUT2D eigenvalue weighted by atomic mass is 10.2. The van der Waals surface area contributed by atoms with Crippen LogP contribution in [0.15, 0.2) is 10.5 Å². The Morgan fingerprint density at radius 2 is 2.20 bits per heavy atom. The summed E-state index contributed by atoms with van der Waals surface area (Å²) in [7, 11) is 1.75. The number of rotatable bonds is 9. The van der Waals surface area contributed by atoms with E-state index in [4.69, 9.17) is 9.15 Å². The van der Waals surface area contributed by atoms with Crippen LogP contribution in [0.5, 0.6) is 0 Å². The summed E-state index contributed by atoms with van der Waals surface area (Å²) in [6, 6.07) is 3.38. The molecule has 0 spiro atoms. The monoisotopic (exact) mass is 280 g/mol. The molecule has 1 heterocycles. The van der Waals surface area contributed by atoms with Crippen molar-refractivity contribution in [3.05, 3.63) is 23.2 Å². The maximum Gasteiger partial charge on any atom is 0.120 e. The summed E-state index contributed by atoms with van der Waals surface area (Å²) in [6.07, 6.45) is 2.62. The Bertz CT molecular complexity index is 411. The Kier molecular flexibility index (Phi) is 5.64. The van der Waals surface area contributed by atoms with Gasteiger partial charge in [0.25, 0.3) is 0 Å². The van der Waals surface area contributed by atoms with Gasteiger partial charge in [-0.25, -0.2) is 0 Å². The third-order valence-corrected chi connectivity index (χ3v) is 3.87. The van der Waals surface area contributed by atoms with Crippen molar-refractivity contribution in [1.82, 2.24) is 10.2 Å². The first-order valence-corrected chi connectivity index (χ1v) is 7.64. The van der Waals surface area contributed by atoms with Gasteiger partial charge in [-0.1, -0.05) is 0 Å². The van der Waals surface area contributed by atoms with Crippen LogP contribution in [0.2, 0.25) is 0 Å². The summed E-state index contributed by atoms with van der Waals surface area (Å²) in [5.74, 6) is 2.14. The lowest BCUT2D eigenvalue weighted by Crippen LogP contribution is -2.33. The van der Waals surface area contributed by atoms with Crippen molar-refractivity contribution < 1.29 is 9.15 Å². The van der Waals surface area contributed by atoms with E-state index < -0.39 is 0 Å². The molecule has 1 aromatic rings. The van der Waals surface area contributed by atoms with Gasteiger partial charge in [0, 0.05) is 25.7 Å². The second-order valence-corrected chi connectivity index (χ2v) is 6.03. The van der Waals surface area contributed by atoms with Crippen molar-refractivity contribution in [2.45, 2.75) is 58.8 Å². The maximum absolute atomic E-state index is 6.01. The molecule has 4 heteroatoms. The summed E-state index contributed by atoms with van der Waals surface area (Å²) in [5.41, 5.74) is 1.25. The summed E-state index contributed by atoms with van der Waals surface area (Å²) in [6.45, 7) is 9.95. The second kappa shape index (κ2) is 7.25. The maximum atomic E-state index is 6.01. The van der Waals surface area contributed by atoms with E-state index in [-0.39, 0.29) is 0 Å². The number of aryl methyl sites for hydroxylation is 1. The normalized spacial score (nSPS) is 15.5. The van der Waals surface area contributed by atoms with Crippen molar-refractivity contribution in [1.29, 1.82) is 0 Å². The first kappa shape index (κ1) is 15.5. The molecule has 1 aromatic heterocycles. The van der Waals surface area contributed by atoms with Gasteiger partial charge >= 0.3 is 0 Å². The van der Waals surface area contributed by atoms with Crippen LogP contribution in [0.1, 0.15) is 43.8 Å². The van der Waals surface area contributed by atoms with Crippen LogP contribution >= 0.6 is 0 Å². The highest BCUT2D eigenvalue weighted by molar-refractivity contribution is 5.20. The lowest BCUT2D eigenvalue weighted by molar-refractivity contribution is 0.119. The molecular weight excluding hydrogens is 252 g/mol. The van der Waals surface area contributed by atoms with E-state index in [1.54, 1.807) is 7.11 Å². The molecular formula is C16H28N2O2. The molecule has 0 bridgehead atoms. The number of furan rings is 1. The van der Waals surface area contributed by atoms with E-state index >= 15 is 0 Å². The Hall–Kier alpha value is -0.840. The zero-order chi connectivity index (χ0) is 14.5. The average Bonchev–Trinajstić information content (AvgIpc) is 3.16. The van der Waals surface area contributed by atoms with Crippen LogP contribution in [0.3, 0.4) is 0 Å². The fraction of sp³-hybridized carbons (Fsp3) is 0.750. The number of nitrogens with zero attached hydrogens (tertiary/aromatic N) is 1. The van der Waals surface area contributed by atoms with Crippen molar-refractivity contribution in [2.24, 2.45) is 0 Å². The van der Waals surface area contributed by atoms with E-state index in [1.165, 1.54) is 18.4 Å². The summed E-state index contributed by atoms with van der Waals surface area (Å²) < 4.78 is 11.2. The minimum Gasteiger partial charge on any atom is -0.463 e.